The Morgan fingerprint density at radius 1 is 1.14 bits per heavy atom. The zero-order valence-corrected chi connectivity index (χ0v) is 18.2. The molecule has 1 heterocycles. The minimum atomic E-state index is -0.950. The molecule has 0 spiro atoms. The van der Waals surface area contributed by atoms with Gasteiger partial charge in [-0.05, 0) is 59.2 Å². The highest BCUT2D eigenvalue weighted by Crippen LogP contribution is 2.24. The number of pyridine rings is 1. The molecule has 6 heteroatoms. The Bertz CT molecular complexity index is 942. The number of amides is 1. The monoisotopic (exact) mass is 398 g/mol. The van der Waals surface area contributed by atoms with Gasteiger partial charge in [0, 0.05) is 12.4 Å². The van der Waals surface area contributed by atoms with Crippen molar-refractivity contribution in [3.8, 4) is 0 Å². The third kappa shape index (κ3) is 5.79. The van der Waals surface area contributed by atoms with Gasteiger partial charge < -0.3 is 14.7 Å². The number of ether oxygens (including phenoxy) is 1. The first-order valence-corrected chi connectivity index (χ1v) is 9.59. The van der Waals surface area contributed by atoms with Crippen LogP contribution in [-0.2, 0) is 9.53 Å². The first-order valence-electron chi connectivity index (χ1n) is 9.59. The lowest BCUT2D eigenvalue weighted by Crippen LogP contribution is -2.36. The van der Waals surface area contributed by atoms with E-state index in [4.69, 9.17) is 9.72 Å². The van der Waals surface area contributed by atoms with Crippen LogP contribution in [0.15, 0.2) is 36.4 Å². The van der Waals surface area contributed by atoms with Crippen LogP contribution in [0, 0.1) is 5.41 Å². The summed E-state index contributed by atoms with van der Waals surface area (Å²) in [5, 5.41) is 10.2. The number of rotatable bonds is 5. The molecule has 1 atom stereocenters. The topological polar surface area (TPSA) is 79.7 Å². The molecule has 0 bridgehead atoms. The first-order chi connectivity index (χ1) is 13.3. The van der Waals surface area contributed by atoms with Crippen LogP contribution in [0.2, 0.25) is 0 Å². The summed E-state index contributed by atoms with van der Waals surface area (Å²) in [6.07, 6.45) is 3.05. The smallest absolute Gasteiger partial charge is 0.410 e. The lowest BCUT2D eigenvalue weighted by Gasteiger charge is -2.28. The molecule has 1 N–H and O–H groups in total. The van der Waals surface area contributed by atoms with Crippen LogP contribution in [-0.4, -0.2) is 39.7 Å². The van der Waals surface area contributed by atoms with E-state index in [1.165, 1.54) is 4.90 Å². The third-order valence-corrected chi connectivity index (χ3v) is 4.67. The molecule has 0 saturated heterocycles. The number of carbonyl (C=O) groups is 2. The van der Waals surface area contributed by atoms with Gasteiger partial charge in [0.05, 0.1) is 22.7 Å². The second kappa shape index (κ2) is 8.23. The molecule has 6 nitrogen and oxygen atoms in total. The molecule has 0 aliphatic rings. The van der Waals surface area contributed by atoms with Gasteiger partial charge >= 0.3 is 12.1 Å². The summed E-state index contributed by atoms with van der Waals surface area (Å²) < 4.78 is 5.43. The maximum absolute atomic E-state index is 12.3. The van der Waals surface area contributed by atoms with E-state index >= 15 is 0 Å². The summed E-state index contributed by atoms with van der Waals surface area (Å²) in [6.45, 7) is 10.7. The minimum absolute atomic E-state index is 0.264. The highest BCUT2D eigenvalue weighted by atomic mass is 16.6. The number of benzene rings is 1. The summed E-state index contributed by atoms with van der Waals surface area (Å²) in [6, 6.07) is 9.38. The van der Waals surface area contributed by atoms with Crippen molar-refractivity contribution in [2.24, 2.45) is 5.41 Å². The standard InChI is InChI=1S/C23H30N2O4/c1-15(25(7)21(28)29-22(2,3)4)18-11-10-17-9-8-16(14-19(17)24-18)12-13-23(5,6)20(26)27/h8-15H,1-7H3,(H,26,27)/t15-/m1/s1. The molecule has 29 heavy (non-hydrogen) atoms. The van der Waals surface area contributed by atoms with Crippen LogP contribution in [0.4, 0.5) is 4.79 Å². The summed E-state index contributed by atoms with van der Waals surface area (Å²) in [7, 11) is 1.69. The summed E-state index contributed by atoms with van der Waals surface area (Å²) >= 11 is 0. The lowest BCUT2D eigenvalue weighted by molar-refractivity contribution is -0.144. The zero-order chi connectivity index (χ0) is 22.0. The normalized spacial score (nSPS) is 13.5. The van der Waals surface area contributed by atoms with Crippen molar-refractivity contribution < 1.29 is 19.4 Å². The molecule has 0 unspecified atom stereocenters. The number of aromatic nitrogens is 1. The van der Waals surface area contributed by atoms with Crippen LogP contribution in [0.25, 0.3) is 17.0 Å². The van der Waals surface area contributed by atoms with E-state index < -0.39 is 23.1 Å². The van der Waals surface area contributed by atoms with E-state index in [0.717, 1.165) is 22.2 Å². The molecule has 2 aromatic rings. The second-order valence-electron chi connectivity index (χ2n) is 8.82. The highest BCUT2D eigenvalue weighted by molar-refractivity contribution is 5.82. The van der Waals surface area contributed by atoms with Crippen molar-refractivity contribution in [1.82, 2.24) is 9.88 Å². The molecular weight excluding hydrogens is 368 g/mol. The Morgan fingerprint density at radius 2 is 1.76 bits per heavy atom. The van der Waals surface area contributed by atoms with Crippen LogP contribution >= 0.6 is 0 Å². The minimum Gasteiger partial charge on any atom is -0.481 e. The Hall–Kier alpha value is -2.89. The van der Waals surface area contributed by atoms with Crippen molar-refractivity contribution in [2.45, 2.75) is 53.2 Å². The van der Waals surface area contributed by atoms with Gasteiger partial charge in [0.2, 0.25) is 0 Å². The molecule has 0 saturated carbocycles. The number of hydrogen-bond acceptors (Lipinski definition) is 4. The molecule has 0 fully saturated rings. The number of hydrogen-bond donors (Lipinski definition) is 1. The van der Waals surface area contributed by atoms with Crippen LogP contribution in [0.1, 0.15) is 58.8 Å². The van der Waals surface area contributed by atoms with Crippen LogP contribution < -0.4 is 0 Å². The van der Waals surface area contributed by atoms with Crippen molar-refractivity contribution in [1.29, 1.82) is 0 Å². The fourth-order valence-corrected chi connectivity index (χ4v) is 2.55. The van der Waals surface area contributed by atoms with Gasteiger partial charge in [-0.3, -0.25) is 9.78 Å². The van der Waals surface area contributed by atoms with Crippen molar-refractivity contribution in [3.63, 3.8) is 0 Å². The SMILES string of the molecule is C[C@H](c1ccc2ccc(C=CC(C)(C)C(=O)O)cc2n1)N(C)C(=O)OC(C)(C)C. The summed E-state index contributed by atoms with van der Waals surface area (Å²) in [4.78, 5) is 29.9. The predicted octanol–water partition coefficient (Wildman–Crippen LogP) is 5.29. The Morgan fingerprint density at radius 3 is 2.34 bits per heavy atom. The van der Waals surface area contributed by atoms with E-state index in [0.29, 0.717) is 0 Å². The Balaban J connectivity index is 2.29. The number of carboxylic acid groups (broad SMARTS) is 1. The predicted molar refractivity (Wildman–Crippen MR) is 115 cm³/mol. The summed E-state index contributed by atoms with van der Waals surface area (Å²) in [5.74, 6) is -0.881. The molecule has 0 aliphatic carbocycles. The molecule has 0 aliphatic heterocycles. The average molecular weight is 399 g/mol. The molecule has 1 amide bonds. The highest BCUT2D eigenvalue weighted by Gasteiger charge is 2.25. The Labute approximate surface area is 172 Å². The number of fused-ring (bicyclic) bond motifs is 1. The van der Waals surface area contributed by atoms with Crippen LogP contribution in [0.3, 0.4) is 0 Å². The van der Waals surface area contributed by atoms with Gasteiger partial charge in [-0.2, -0.15) is 0 Å². The maximum atomic E-state index is 12.3. The second-order valence-corrected chi connectivity index (χ2v) is 8.82. The van der Waals surface area contributed by atoms with Crippen molar-refractivity contribution in [3.05, 3.63) is 47.7 Å². The number of aliphatic carboxylic acids is 1. The fraction of sp³-hybridized carbons (Fsp3) is 0.435. The van der Waals surface area contributed by atoms with E-state index in [1.54, 1.807) is 33.0 Å². The number of carbonyl (C=O) groups excluding carboxylic acids is 1. The molecule has 2 rings (SSSR count). The van der Waals surface area contributed by atoms with Gasteiger partial charge in [-0.25, -0.2) is 4.79 Å². The van der Waals surface area contributed by atoms with Crippen molar-refractivity contribution in [2.75, 3.05) is 7.05 Å². The number of nitrogens with zero attached hydrogens (tertiary/aromatic N) is 2. The van der Waals surface area contributed by atoms with Gasteiger partial charge in [0.25, 0.3) is 0 Å². The van der Waals surface area contributed by atoms with E-state index in [-0.39, 0.29) is 6.04 Å². The first kappa shape index (κ1) is 22.4. The van der Waals surface area contributed by atoms with E-state index in [1.807, 2.05) is 58.0 Å². The molecule has 1 aromatic heterocycles. The quantitative estimate of drug-likeness (QED) is 0.740. The fourth-order valence-electron chi connectivity index (χ4n) is 2.55. The van der Waals surface area contributed by atoms with Gasteiger partial charge in [-0.1, -0.05) is 30.4 Å². The van der Waals surface area contributed by atoms with Gasteiger partial charge in [-0.15, -0.1) is 0 Å². The van der Waals surface area contributed by atoms with Crippen LogP contribution in [0.5, 0.6) is 0 Å². The van der Waals surface area contributed by atoms with Crippen molar-refractivity contribution >= 4 is 29.0 Å². The molecule has 0 radical (unpaired) electrons. The maximum Gasteiger partial charge on any atom is 0.410 e. The molecule has 1 aromatic carbocycles. The summed E-state index contributed by atoms with van der Waals surface area (Å²) in [5.41, 5.74) is 0.881. The number of carboxylic acids is 1. The third-order valence-electron chi connectivity index (χ3n) is 4.67. The molecule has 156 valence electrons. The largest absolute Gasteiger partial charge is 0.481 e. The zero-order valence-electron chi connectivity index (χ0n) is 18.2. The average Bonchev–Trinajstić information content (AvgIpc) is 2.63. The van der Waals surface area contributed by atoms with E-state index in [9.17, 15) is 14.7 Å². The van der Waals surface area contributed by atoms with Gasteiger partial charge in [0.1, 0.15) is 5.60 Å². The lowest BCUT2D eigenvalue weighted by atomic mass is 9.92. The van der Waals surface area contributed by atoms with Gasteiger partial charge in [0.15, 0.2) is 0 Å². The Kier molecular flexibility index (Phi) is 6.36. The molecular formula is C23H30N2O4. The van der Waals surface area contributed by atoms with E-state index in [2.05, 4.69) is 0 Å².